The number of hydrogen-bond acceptors (Lipinski definition) is 4. The second-order valence-corrected chi connectivity index (χ2v) is 9.31. The Morgan fingerprint density at radius 2 is 1.29 bits per heavy atom. The van der Waals surface area contributed by atoms with Crippen molar-refractivity contribution in [1.29, 1.82) is 0 Å². The number of nitrogens with zero attached hydrogens (tertiary/aromatic N) is 4. The molecule has 35 heavy (non-hydrogen) atoms. The summed E-state index contributed by atoms with van der Waals surface area (Å²) in [6.07, 6.45) is 1.83. The fourth-order valence-electron chi connectivity index (χ4n) is 3.71. The van der Waals surface area contributed by atoms with Crippen LogP contribution in [0.5, 0.6) is 0 Å². The Hall–Kier alpha value is -3.47. The summed E-state index contributed by atoms with van der Waals surface area (Å²) >= 11 is 0. The van der Waals surface area contributed by atoms with E-state index in [1.807, 2.05) is 66.5 Å². The highest BCUT2D eigenvalue weighted by atomic mass is 16.5. The molecule has 0 saturated heterocycles. The van der Waals surface area contributed by atoms with E-state index in [4.69, 9.17) is 4.52 Å². The van der Waals surface area contributed by atoms with Crippen molar-refractivity contribution in [3.8, 4) is 0 Å². The van der Waals surface area contributed by atoms with Gasteiger partial charge in [0.25, 0.3) is 0 Å². The molecule has 0 bridgehead atoms. The van der Waals surface area contributed by atoms with E-state index in [1.165, 1.54) is 16.6 Å². The van der Waals surface area contributed by atoms with Crippen molar-refractivity contribution in [2.75, 3.05) is 0 Å². The summed E-state index contributed by atoms with van der Waals surface area (Å²) in [6, 6.07) is 22.3. The van der Waals surface area contributed by atoms with Gasteiger partial charge in [-0.05, 0) is 48.1 Å². The SMILES string of the molecule is C.CC(C)c1ccccn1.CC(C)c1nn(C)c2ccccc12.CC(C)c1noc2ccccc12. The highest BCUT2D eigenvalue weighted by Crippen LogP contribution is 2.24. The van der Waals surface area contributed by atoms with Gasteiger partial charge in [-0.15, -0.1) is 0 Å². The van der Waals surface area contributed by atoms with Crippen molar-refractivity contribution in [2.24, 2.45) is 7.05 Å². The van der Waals surface area contributed by atoms with E-state index in [-0.39, 0.29) is 7.43 Å². The van der Waals surface area contributed by atoms with Gasteiger partial charge in [-0.25, -0.2) is 0 Å². The van der Waals surface area contributed by atoms with Gasteiger partial charge < -0.3 is 4.52 Å². The van der Waals surface area contributed by atoms with Gasteiger partial charge >= 0.3 is 0 Å². The summed E-state index contributed by atoms with van der Waals surface area (Å²) in [4.78, 5) is 4.18. The molecule has 0 aliphatic carbocycles. The lowest BCUT2D eigenvalue weighted by Gasteiger charge is -2.00. The lowest BCUT2D eigenvalue weighted by molar-refractivity contribution is 0.441. The van der Waals surface area contributed by atoms with Crippen LogP contribution in [-0.2, 0) is 7.05 Å². The van der Waals surface area contributed by atoms with Crippen LogP contribution in [0.4, 0.5) is 0 Å². The van der Waals surface area contributed by atoms with Crippen molar-refractivity contribution in [2.45, 2.75) is 66.7 Å². The molecule has 3 heterocycles. The molecule has 0 N–H and O–H groups in total. The predicted octanol–water partition coefficient (Wildman–Crippen LogP) is 8.49. The molecule has 5 heteroatoms. The molecule has 0 amide bonds. The van der Waals surface area contributed by atoms with Crippen LogP contribution in [0.1, 0.15) is 83.8 Å². The zero-order chi connectivity index (χ0) is 24.7. The maximum absolute atomic E-state index is 5.16. The Balaban J connectivity index is 0.000000186. The molecule has 0 aliphatic rings. The van der Waals surface area contributed by atoms with Gasteiger partial charge in [0.15, 0.2) is 5.58 Å². The maximum atomic E-state index is 5.16. The number of hydrogen-bond donors (Lipinski definition) is 0. The average molecular weight is 473 g/mol. The molecule has 0 fully saturated rings. The second kappa shape index (κ2) is 12.8. The fraction of sp³-hybridized carbons (Fsp3) is 0.367. The van der Waals surface area contributed by atoms with Gasteiger partial charge in [-0.1, -0.05) is 90.5 Å². The molecule has 0 unspecified atom stereocenters. The van der Waals surface area contributed by atoms with Gasteiger partial charge in [-0.2, -0.15) is 5.10 Å². The monoisotopic (exact) mass is 472 g/mol. The lowest BCUT2D eigenvalue weighted by Crippen LogP contribution is -1.92. The summed E-state index contributed by atoms with van der Waals surface area (Å²) in [5, 5.41) is 10.9. The molecule has 0 atom stereocenters. The van der Waals surface area contributed by atoms with Gasteiger partial charge in [0, 0.05) is 29.7 Å². The van der Waals surface area contributed by atoms with Gasteiger partial charge in [0.1, 0.15) is 0 Å². The van der Waals surface area contributed by atoms with Crippen LogP contribution in [-0.4, -0.2) is 19.9 Å². The van der Waals surface area contributed by atoms with Crippen molar-refractivity contribution in [1.82, 2.24) is 19.9 Å². The largest absolute Gasteiger partial charge is 0.356 e. The Kier molecular flexibility index (Phi) is 10.2. The van der Waals surface area contributed by atoms with Crippen LogP contribution >= 0.6 is 0 Å². The molecule has 0 aliphatic heterocycles. The molecular weight excluding hydrogens is 432 g/mol. The van der Waals surface area contributed by atoms with Crippen LogP contribution in [0.2, 0.25) is 0 Å². The highest BCUT2D eigenvalue weighted by Gasteiger charge is 2.10. The number of aryl methyl sites for hydroxylation is 1. The number of fused-ring (bicyclic) bond motifs is 2. The summed E-state index contributed by atoms with van der Waals surface area (Å²) < 4.78 is 7.11. The number of rotatable bonds is 3. The summed E-state index contributed by atoms with van der Waals surface area (Å²) in [7, 11) is 1.99. The van der Waals surface area contributed by atoms with E-state index in [0.717, 1.165) is 22.4 Å². The van der Waals surface area contributed by atoms with Crippen LogP contribution in [0, 0.1) is 0 Å². The molecule has 0 radical (unpaired) electrons. The van der Waals surface area contributed by atoms with Crippen LogP contribution in [0.15, 0.2) is 77.4 Å². The molecule has 5 aromatic rings. The standard InChI is InChI=1S/C11H14N2.C10H11NO.C8H11N.CH4/c1-8(2)11-9-6-4-5-7-10(9)13(3)12-11;1-7(2)10-8-5-3-4-6-9(8)12-11-10;1-7(2)8-5-3-4-6-9-8;/h4-8H,1-3H3;3-7H,1-2H3;3-7H,1-2H3;1H4. The second-order valence-electron chi connectivity index (χ2n) is 9.31. The fourth-order valence-corrected chi connectivity index (χ4v) is 3.71. The lowest BCUT2D eigenvalue weighted by atomic mass is 10.1. The third kappa shape index (κ3) is 7.01. The quantitative estimate of drug-likeness (QED) is 0.264. The van der Waals surface area contributed by atoms with E-state index >= 15 is 0 Å². The predicted molar refractivity (Wildman–Crippen MR) is 148 cm³/mol. The Bertz CT molecular complexity index is 1300. The Morgan fingerprint density at radius 1 is 0.686 bits per heavy atom. The average Bonchev–Trinajstić information content (AvgIpc) is 3.42. The van der Waals surface area contributed by atoms with Crippen molar-refractivity contribution in [3.05, 3.63) is 90.0 Å². The number of aromatic nitrogens is 4. The molecule has 0 spiro atoms. The first-order valence-corrected chi connectivity index (χ1v) is 12.0. The molecule has 3 aromatic heterocycles. The van der Waals surface area contributed by atoms with Gasteiger partial charge in [0.2, 0.25) is 0 Å². The third-order valence-electron chi connectivity index (χ3n) is 5.56. The highest BCUT2D eigenvalue weighted by molar-refractivity contribution is 5.82. The van der Waals surface area contributed by atoms with Gasteiger partial charge in [0.05, 0.1) is 16.9 Å². The number of para-hydroxylation sites is 2. The minimum Gasteiger partial charge on any atom is -0.356 e. The summed E-state index contributed by atoms with van der Waals surface area (Å²) in [6.45, 7) is 12.9. The Labute approximate surface area is 210 Å². The minimum atomic E-state index is 0. The van der Waals surface area contributed by atoms with Crippen molar-refractivity contribution in [3.63, 3.8) is 0 Å². The number of pyridine rings is 1. The first-order chi connectivity index (χ1) is 16.3. The van der Waals surface area contributed by atoms with E-state index in [9.17, 15) is 0 Å². The first kappa shape index (κ1) is 27.8. The Morgan fingerprint density at radius 3 is 1.86 bits per heavy atom. The molecule has 186 valence electrons. The van der Waals surface area contributed by atoms with Crippen molar-refractivity contribution >= 4 is 21.9 Å². The molecule has 2 aromatic carbocycles. The molecular formula is C30H40N4O. The van der Waals surface area contributed by atoms with E-state index < -0.39 is 0 Å². The van der Waals surface area contributed by atoms with E-state index in [0.29, 0.717) is 17.8 Å². The molecule has 5 rings (SSSR count). The van der Waals surface area contributed by atoms with E-state index in [2.05, 4.69) is 75.0 Å². The van der Waals surface area contributed by atoms with Crippen molar-refractivity contribution < 1.29 is 4.52 Å². The zero-order valence-electron chi connectivity index (χ0n) is 21.4. The molecule has 5 nitrogen and oxygen atoms in total. The summed E-state index contributed by atoms with van der Waals surface area (Å²) in [5.74, 6) is 1.46. The van der Waals surface area contributed by atoms with Crippen LogP contribution in [0.25, 0.3) is 21.9 Å². The molecule has 0 saturated carbocycles. The van der Waals surface area contributed by atoms with Gasteiger partial charge in [-0.3, -0.25) is 9.67 Å². The third-order valence-corrected chi connectivity index (χ3v) is 5.56. The van der Waals surface area contributed by atoms with Crippen LogP contribution in [0.3, 0.4) is 0 Å². The normalized spacial score (nSPS) is 10.7. The first-order valence-electron chi connectivity index (χ1n) is 12.0. The van der Waals surface area contributed by atoms with E-state index in [1.54, 1.807) is 0 Å². The zero-order valence-corrected chi connectivity index (χ0v) is 21.4. The smallest absolute Gasteiger partial charge is 0.167 e. The summed E-state index contributed by atoms with van der Waals surface area (Å²) in [5.41, 5.74) is 5.49. The van der Waals surface area contributed by atoms with Crippen LogP contribution < -0.4 is 0 Å². The maximum Gasteiger partial charge on any atom is 0.167 e. The number of benzene rings is 2. The topological polar surface area (TPSA) is 56.7 Å². The minimum absolute atomic E-state index is 0.